The Kier molecular flexibility index (Phi) is 5.62. The molecule has 0 spiro atoms. The molecular weight excluding hydrogens is 244 g/mol. The molecule has 0 saturated carbocycles. The van der Waals surface area contributed by atoms with Crippen LogP contribution in [0.3, 0.4) is 0 Å². The maximum atomic E-state index is 3.27. The lowest BCUT2D eigenvalue weighted by Gasteiger charge is -2.37. The molecule has 1 aromatic rings. The Hall–Kier alpha value is -0.860. The molecule has 2 nitrogen and oxygen atoms in total. The summed E-state index contributed by atoms with van der Waals surface area (Å²) in [7, 11) is 2.05. The highest BCUT2D eigenvalue weighted by Gasteiger charge is 2.23. The Bertz CT molecular complexity index is 419. The Morgan fingerprint density at radius 3 is 2.55 bits per heavy atom. The summed E-state index contributed by atoms with van der Waals surface area (Å²) in [5, 5.41) is 3.27. The molecule has 1 atom stereocenters. The van der Waals surface area contributed by atoms with Gasteiger partial charge in [0, 0.05) is 6.04 Å². The van der Waals surface area contributed by atoms with Gasteiger partial charge in [0.2, 0.25) is 0 Å². The lowest BCUT2D eigenvalue weighted by molar-refractivity contribution is 0.137. The van der Waals surface area contributed by atoms with E-state index in [0.717, 1.165) is 12.5 Å². The first-order valence-electron chi connectivity index (χ1n) is 8.07. The van der Waals surface area contributed by atoms with E-state index in [2.05, 4.69) is 56.2 Å². The molecule has 1 unspecified atom stereocenters. The maximum absolute atomic E-state index is 3.27. The molecule has 1 heterocycles. The van der Waals surface area contributed by atoms with Gasteiger partial charge in [-0.25, -0.2) is 0 Å². The monoisotopic (exact) mass is 274 g/mol. The standard InChI is InChI=1S/C18H30N2/c1-14-5-6-18(15(2)13-14)16(3)20-11-8-17(9-12-20)7-10-19-4/h5-6,13,16-17,19H,7-12H2,1-4H3. The van der Waals surface area contributed by atoms with Crippen LogP contribution in [0.25, 0.3) is 0 Å². The molecule has 0 bridgehead atoms. The van der Waals surface area contributed by atoms with E-state index in [4.69, 9.17) is 0 Å². The van der Waals surface area contributed by atoms with Crippen LogP contribution in [0.15, 0.2) is 18.2 Å². The number of nitrogens with zero attached hydrogens (tertiary/aromatic N) is 1. The zero-order chi connectivity index (χ0) is 14.5. The van der Waals surface area contributed by atoms with E-state index in [1.807, 2.05) is 0 Å². The SMILES string of the molecule is CNCCC1CCN(C(C)c2ccc(C)cc2C)CC1. The van der Waals surface area contributed by atoms with Gasteiger partial charge in [0.1, 0.15) is 0 Å². The maximum Gasteiger partial charge on any atom is 0.0322 e. The molecule has 0 aromatic heterocycles. The van der Waals surface area contributed by atoms with Crippen LogP contribution >= 0.6 is 0 Å². The summed E-state index contributed by atoms with van der Waals surface area (Å²) in [6.07, 6.45) is 4.05. The summed E-state index contributed by atoms with van der Waals surface area (Å²) >= 11 is 0. The molecular formula is C18H30N2. The van der Waals surface area contributed by atoms with E-state index >= 15 is 0 Å². The van der Waals surface area contributed by atoms with Crippen molar-refractivity contribution in [2.75, 3.05) is 26.7 Å². The van der Waals surface area contributed by atoms with Gasteiger partial charge in [-0.3, -0.25) is 4.90 Å². The van der Waals surface area contributed by atoms with Gasteiger partial charge in [0.25, 0.3) is 0 Å². The summed E-state index contributed by atoms with van der Waals surface area (Å²) in [5.74, 6) is 0.921. The second-order valence-corrected chi connectivity index (χ2v) is 6.41. The molecule has 1 fully saturated rings. The number of rotatable bonds is 5. The molecule has 1 aromatic carbocycles. The molecule has 20 heavy (non-hydrogen) atoms. The van der Waals surface area contributed by atoms with Crippen molar-refractivity contribution >= 4 is 0 Å². The summed E-state index contributed by atoms with van der Waals surface area (Å²) in [6.45, 7) is 10.5. The van der Waals surface area contributed by atoms with Crippen molar-refractivity contribution < 1.29 is 0 Å². The minimum atomic E-state index is 0.556. The van der Waals surface area contributed by atoms with E-state index in [9.17, 15) is 0 Å². The van der Waals surface area contributed by atoms with Crippen LogP contribution in [0.4, 0.5) is 0 Å². The first-order valence-corrected chi connectivity index (χ1v) is 8.07. The molecule has 2 rings (SSSR count). The largest absolute Gasteiger partial charge is 0.320 e. The average molecular weight is 274 g/mol. The highest BCUT2D eigenvalue weighted by atomic mass is 15.2. The number of benzene rings is 1. The average Bonchev–Trinajstić information content (AvgIpc) is 2.45. The van der Waals surface area contributed by atoms with Crippen molar-refractivity contribution in [3.63, 3.8) is 0 Å². The summed E-state index contributed by atoms with van der Waals surface area (Å²) in [4.78, 5) is 2.66. The van der Waals surface area contributed by atoms with Gasteiger partial charge in [-0.05, 0) is 83.8 Å². The Morgan fingerprint density at radius 2 is 1.95 bits per heavy atom. The van der Waals surface area contributed by atoms with Crippen LogP contribution in [-0.4, -0.2) is 31.6 Å². The van der Waals surface area contributed by atoms with E-state index < -0.39 is 0 Å². The molecule has 1 saturated heterocycles. The molecule has 112 valence electrons. The third kappa shape index (κ3) is 3.83. The van der Waals surface area contributed by atoms with Crippen molar-refractivity contribution in [1.29, 1.82) is 0 Å². The number of likely N-dealkylation sites (tertiary alicyclic amines) is 1. The highest BCUT2D eigenvalue weighted by molar-refractivity contribution is 5.32. The third-order valence-electron chi connectivity index (χ3n) is 4.87. The van der Waals surface area contributed by atoms with Crippen LogP contribution in [0.2, 0.25) is 0 Å². The normalized spacial score (nSPS) is 19.2. The van der Waals surface area contributed by atoms with Gasteiger partial charge in [-0.15, -0.1) is 0 Å². The van der Waals surface area contributed by atoms with Crippen LogP contribution in [0.1, 0.15) is 48.9 Å². The number of aryl methyl sites for hydroxylation is 2. The second-order valence-electron chi connectivity index (χ2n) is 6.41. The smallest absolute Gasteiger partial charge is 0.0322 e. The van der Waals surface area contributed by atoms with Crippen LogP contribution in [0.5, 0.6) is 0 Å². The third-order valence-corrected chi connectivity index (χ3v) is 4.87. The molecule has 1 aliphatic heterocycles. The van der Waals surface area contributed by atoms with E-state index in [1.165, 1.54) is 49.0 Å². The molecule has 0 aliphatic carbocycles. The number of piperidine rings is 1. The van der Waals surface area contributed by atoms with Crippen molar-refractivity contribution in [2.24, 2.45) is 5.92 Å². The van der Waals surface area contributed by atoms with E-state index in [0.29, 0.717) is 6.04 Å². The van der Waals surface area contributed by atoms with Crippen molar-refractivity contribution in [1.82, 2.24) is 10.2 Å². The van der Waals surface area contributed by atoms with E-state index in [1.54, 1.807) is 0 Å². The number of nitrogens with one attached hydrogen (secondary N) is 1. The fourth-order valence-electron chi connectivity index (χ4n) is 3.47. The lowest BCUT2D eigenvalue weighted by atomic mass is 9.91. The highest BCUT2D eigenvalue weighted by Crippen LogP contribution is 2.29. The fraction of sp³-hybridized carbons (Fsp3) is 0.667. The Morgan fingerprint density at radius 1 is 1.25 bits per heavy atom. The van der Waals surface area contributed by atoms with Crippen LogP contribution in [-0.2, 0) is 0 Å². The zero-order valence-electron chi connectivity index (χ0n) is 13.6. The van der Waals surface area contributed by atoms with Crippen LogP contribution in [0, 0.1) is 19.8 Å². The van der Waals surface area contributed by atoms with Gasteiger partial charge in [-0.1, -0.05) is 23.8 Å². The summed E-state index contributed by atoms with van der Waals surface area (Å²) in [6, 6.07) is 7.44. The van der Waals surface area contributed by atoms with Crippen molar-refractivity contribution in [2.45, 2.75) is 46.1 Å². The van der Waals surface area contributed by atoms with E-state index in [-0.39, 0.29) is 0 Å². The van der Waals surface area contributed by atoms with Gasteiger partial charge in [-0.2, -0.15) is 0 Å². The molecule has 1 aliphatic rings. The minimum Gasteiger partial charge on any atom is -0.320 e. The first-order chi connectivity index (χ1) is 9.61. The minimum absolute atomic E-state index is 0.556. The van der Waals surface area contributed by atoms with Gasteiger partial charge in [0.15, 0.2) is 0 Å². The molecule has 2 heteroatoms. The second kappa shape index (κ2) is 7.24. The van der Waals surface area contributed by atoms with Crippen molar-refractivity contribution in [3.05, 3.63) is 34.9 Å². The van der Waals surface area contributed by atoms with Crippen LogP contribution < -0.4 is 5.32 Å². The fourth-order valence-corrected chi connectivity index (χ4v) is 3.47. The quantitative estimate of drug-likeness (QED) is 0.881. The molecule has 0 radical (unpaired) electrons. The molecule has 1 N–H and O–H groups in total. The number of hydrogen-bond acceptors (Lipinski definition) is 2. The van der Waals surface area contributed by atoms with Gasteiger partial charge in [0.05, 0.1) is 0 Å². The summed E-state index contributed by atoms with van der Waals surface area (Å²) < 4.78 is 0. The predicted octanol–water partition coefficient (Wildman–Crippen LogP) is 3.69. The molecule has 0 amide bonds. The lowest BCUT2D eigenvalue weighted by Crippen LogP contribution is -2.36. The number of hydrogen-bond donors (Lipinski definition) is 1. The predicted molar refractivity (Wildman–Crippen MR) is 87.2 cm³/mol. The van der Waals surface area contributed by atoms with Gasteiger partial charge < -0.3 is 5.32 Å². The first kappa shape index (κ1) is 15.5. The van der Waals surface area contributed by atoms with Gasteiger partial charge >= 0.3 is 0 Å². The summed E-state index contributed by atoms with van der Waals surface area (Å²) in [5.41, 5.74) is 4.31. The van der Waals surface area contributed by atoms with Crippen molar-refractivity contribution in [3.8, 4) is 0 Å². The zero-order valence-corrected chi connectivity index (χ0v) is 13.6. The Labute approximate surface area is 124 Å². The topological polar surface area (TPSA) is 15.3 Å². The Balaban J connectivity index is 1.92.